The van der Waals surface area contributed by atoms with Crippen LogP contribution in [-0.4, -0.2) is 89.2 Å². The number of aromatic nitrogens is 2. The summed E-state index contributed by atoms with van der Waals surface area (Å²) < 4.78 is 7.77. The summed E-state index contributed by atoms with van der Waals surface area (Å²) in [6.45, 7) is 4.93. The summed E-state index contributed by atoms with van der Waals surface area (Å²) in [4.78, 5) is 32.2. The predicted molar refractivity (Wildman–Crippen MR) is 126 cm³/mol. The van der Waals surface area contributed by atoms with Crippen LogP contribution in [0.2, 0.25) is 5.02 Å². The number of hydrogen-bond donors (Lipinski definition) is 0. The average Bonchev–Trinajstić information content (AvgIpc) is 3.25. The van der Waals surface area contributed by atoms with E-state index in [0.29, 0.717) is 49.5 Å². The Balaban J connectivity index is 1.43. The van der Waals surface area contributed by atoms with Crippen LogP contribution in [0.3, 0.4) is 0 Å². The van der Waals surface area contributed by atoms with Gasteiger partial charge in [0.1, 0.15) is 5.75 Å². The first-order chi connectivity index (χ1) is 15.8. The number of rotatable bonds is 6. The van der Waals surface area contributed by atoms with Crippen LogP contribution in [0.1, 0.15) is 29.6 Å². The lowest BCUT2D eigenvalue weighted by molar-refractivity contribution is -0.136. The van der Waals surface area contributed by atoms with Gasteiger partial charge in [0.05, 0.1) is 18.4 Å². The molecule has 2 amide bonds. The number of likely N-dealkylation sites (N-methyl/N-ethyl adjacent to an activating group) is 1. The standard InChI is InChI=1S/C24H32ClN5O3/c1-27-11-13-29(14-12-27)22(31)15-24(18-33-21-5-3-20(25)4-6-21)7-9-30(10-8-24)23(32)19-16-26-28(2)17-19/h3-6,16-17H,7-15,18H2,1-2H3. The molecule has 0 saturated carbocycles. The van der Waals surface area contributed by atoms with Gasteiger partial charge in [0.15, 0.2) is 0 Å². The highest BCUT2D eigenvalue weighted by atomic mass is 35.5. The normalized spacial score (nSPS) is 18.9. The highest BCUT2D eigenvalue weighted by Gasteiger charge is 2.40. The van der Waals surface area contributed by atoms with Gasteiger partial charge in [-0.05, 0) is 44.2 Å². The molecule has 3 heterocycles. The van der Waals surface area contributed by atoms with E-state index in [2.05, 4.69) is 17.0 Å². The number of hydrogen-bond acceptors (Lipinski definition) is 5. The number of piperazine rings is 1. The molecule has 8 nitrogen and oxygen atoms in total. The molecule has 2 aliphatic rings. The first-order valence-corrected chi connectivity index (χ1v) is 11.8. The molecule has 0 radical (unpaired) electrons. The fourth-order valence-corrected chi connectivity index (χ4v) is 4.65. The molecule has 9 heteroatoms. The van der Waals surface area contributed by atoms with Gasteiger partial charge in [0.25, 0.3) is 5.91 Å². The van der Waals surface area contributed by atoms with Gasteiger partial charge in [-0.3, -0.25) is 14.3 Å². The summed E-state index contributed by atoms with van der Waals surface area (Å²) in [5.74, 6) is 0.898. The molecule has 0 N–H and O–H groups in total. The number of nitrogens with zero attached hydrogens (tertiary/aromatic N) is 5. The summed E-state index contributed by atoms with van der Waals surface area (Å²) in [6, 6.07) is 7.29. The first-order valence-electron chi connectivity index (χ1n) is 11.5. The van der Waals surface area contributed by atoms with E-state index in [9.17, 15) is 9.59 Å². The average molecular weight is 474 g/mol. The van der Waals surface area contributed by atoms with E-state index in [1.165, 1.54) is 0 Å². The van der Waals surface area contributed by atoms with E-state index in [4.69, 9.17) is 16.3 Å². The predicted octanol–water partition coefficient (Wildman–Crippen LogP) is 2.54. The van der Waals surface area contributed by atoms with Crippen molar-refractivity contribution in [3.05, 3.63) is 47.2 Å². The van der Waals surface area contributed by atoms with Gasteiger partial charge in [0, 0.05) is 69.4 Å². The summed E-state index contributed by atoms with van der Waals surface area (Å²) in [5.41, 5.74) is 0.280. The lowest BCUT2D eigenvalue weighted by atomic mass is 9.75. The third-order valence-electron chi connectivity index (χ3n) is 6.80. The number of benzene rings is 1. The van der Waals surface area contributed by atoms with Crippen molar-refractivity contribution in [2.24, 2.45) is 12.5 Å². The van der Waals surface area contributed by atoms with E-state index in [-0.39, 0.29) is 17.2 Å². The monoisotopic (exact) mass is 473 g/mol. The Bertz CT molecular complexity index is 961. The minimum Gasteiger partial charge on any atom is -0.493 e. The van der Waals surface area contributed by atoms with Crippen LogP contribution in [-0.2, 0) is 11.8 Å². The minimum absolute atomic E-state index is 0.0132. The van der Waals surface area contributed by atoms with Crippen LogP contribution >= 0.6 is 11.6 Å². The maximum atomic E-state index is 13.2. The van der Waals surface area contributed by atoms with E-state index in [0.717, 1.165) is 31.9 Å². The second kappa shape index (κ2) is 10.1. The van der Waals surface area contributed by atoms with Crippen molar-refractivity contribution in [3.8, 4) is 5.75 Å². The van der Waals surface area contributed by atoms with Gasteiger partial charge in [-0.1, -0.05) is 11.6 Å². The Kier molecular flexibility index (Phi) is 7.24. The van der Waals surface area contributed by atoms with E-state index in [1.807, 2.05) is 21.9 Å². The Labute approximate surface area is 200 Å². The van der Waals surface area contributed by atoms with Crippen LogP contribution in [0, 0.1) is 5.41 Å². The molecule has 2 aliphatic heterocycles. The lowest BCUT2D eigenvalue weighted by Crippen LogP contribution is -2.51. The molecular weight excluding hydrogens is 442 g/mol. The first kappa shape index (κ1) is 23.6. The second-order valence-corrected chi connectivity index (χ2v) is 9.73. The summed E-state index contributed by atoms with van der Waals surface area (Å²) in [7, 11) is 3.88. The number of piperidine rings is 1. The zero-order valence-electron chi connectivity index (χ0n) is 19.4. The van der Waals surface area contributed by atoms with Crippen molar-refractivity contribution in [1.82, 2.24) is 24.5 Å². The Morgan fingerprint density at radius 1 is 1.00 bits per heavy atom. The van der Waals surface area contributed by atoms with Gasteiger partial charge in [-0.25, -0.2) is 0 Å². The number of likely N-dealkylation sites (tertiary alicyclic amines) is 1. The SMILES string of the molecule is CN1CCN(C(=O)CC2(COc3ccc(Cl)cc3)CCN(C(=O)c3cnn(C)c3)CC2)CC1. The van der Waals surface area contributed by atoms with Gasteiger partial charge >= 0.3 is 0 Å². The third kappa shape index (κ3) is 5.86. The number of carbonyl (C=O) groups excluding carboxylic acids is 2. The van der Waals surface area contributed by atoms with Crippen LogP contribution < -0.4 is 4.74 Å². The van der Waals surface area contributed by atoms with E-state index < -0.39 is 0 Å². The molecule has 0 atom stereocenters. The number of aryl methyl sites for hydroxylation is 1. The van der Waals surface area contributed by atoms with Crippen LogP contribution in [0.25, 0.3) is 0 Å². The Morgan fingerprint density at radius 3 is 2.27 bits per heavy atom. The summed E-state index contributed by atoms with van der Waals surface area (Å²) >= 11 is 6.00. The van der Waals surface area contributed by atoms with Crippen LogP contribution in [0.15, 0.2) is 36.7 Å². The topological polar surface area (TPSA) is 70.9 Å². The zero-order chi connectivity index (χ0) is 23.4. The van der Waals surface area contributed by atoms with Crippen LogP contribution in [0.5, 0.6) is 5.75 Å². The molecule has 2 fully saturated rings. The molecule has 1 aromatic heterocycles. The zero-order valence-corrected chi connectivity index (χ0v) is 20.1. The number of ether oxygens (including phenoxy) is 1. The molecule has 0 bridgehead atoms. The molecule has 0 spiro atoms. The second-order valence-electron chi connectivity index (χ2n) is 9.30. The molecule has 0 unspecified atom stereocenters. The molecule has 33 heavy (non-hydrogen) atoms. The fraction of sp³-hybridized carbons (Fsp3) is 0.542. The van der Waals surface area contributed by atoms with Gasteiger partial charge in [-0.2, -0.15) is 5.10 Å². The molecule has 4 rings (SSSR count). The lowest BCUT2D eigenvalue weighted by Gasteiger charge is -2.42. The Hall–Kier alpha value is -2.58. The van der Waals surface area contributed by atoms with Crippen molar-refractivity contribution < 1.29 is 14.3 Å². The molecule has 1 aromatic carbocycles. The fourth-order valence-electron chi connectivity index (χ4n) is 4.53. The number of halogens is 1. The molecule has 0 aliphatic carbocycles. The third-order valence-corrected chi connectivity index (χ3v) is 7.06. The minimum atomic E-state index is -0.314. The van der Waals surface area contributed by atoms with Crippen molar-refractivity contribution in [2.75, 3.05) is 52.9 Å². The molecule has 178 valence electrons. The molecule has 2 aromatic rings. The molecule has 2 saturated heterocycles. The van der Waals surface area contributed by atoms with Gasteiger partial charge in [-0.15, -0.1) is 0 Å². The van der Waals surface area contributed by atoms with Crippen molar-refractivity contribution >= 4 is 23.4 Å². The summed E-state index contributed by atoms with van der Waals surface area (Å²) in [5, 5.41) is 4.77. The Morgan fingerprint density at radius 2 is 1.67 bits per heavy atom. The van der Waals surface area contributed by atoms with Gasteiger partial charge < -0.3 is 19.4 Å². The van der Waals surface area contributed by atoms with Crippen LogP contribution in [0.4, 0.5) is 0 Å². The number of amides is 2. The molecular formula is C24H32ClN5O3. The van der Waals surface area contributed by atoms with Crippen molar-refractivity contribution in [2.45, 2.75) is 19.3 Å². The van der Waals surface area contributed by atoms with Gasteiger partial charge in [0.2, 0.25) is 5.91 Å². The largest absolute Gasteiger partial charge is 0.493 e. The van der Waals surface area contributed by atoms with E-state index >= 15 is 0 Å². The van der Waals surface area contributed by atoms with E-state index in [1.54, 1.807) is 36.3 Å². The summed E-state index contributed by atoms with van der Waals surface area (Å²) in [6.07, 6.45) is 5.20. The smallest absolute Gasteiger partial charge is 0.257 e. The van der Waals surface area contributed by atoms with Crippen molar-refractivity contribution in [3.63, 3.8) is 0 Å². The van der Waals surface area contributed by atoms with Crippen molar-refractivity contribution in [1.29, 1.82) is 0 Å². The number of carbonyl (C=O) groups is 2. The highest BCUT2D eigenvalue weighted by molar-refractivity contribution is 6.30. The highest BCUT2D eigenvalue weighted by Crippen LogP contribution is 2.37. The maximum absolute atomic E-state index is 13.2. The maximum Gasteiger partial charge on any atom is 0.257 e. The quantitative estimate of drug-likeness (QED) is 0.644.